The topological polar surface area (TPSA) is 45.6 Å². The van der Waals surface area contributed by atoms with Crippen molar-refractivity contribution in [2.24, 2.45) is 5.10 Å². The standard InChI is InChI=1S/C11H15N3O/c1-4-14(13-9(2)3)11-6-5-10(8-15)7-12-11/h5-8H,4H2,1-3H3. The van der Waals surface area contributed by atoms with E-state index in [-0.39, 0.29) is 0 Å². The molecular weight excluding hydrogens is 190 g/mol. The number of hydrazone groups is 1. The van der Waals surface area contributed by atoms with Crippen LogP contribution in [0.3, 0.4) is 0 Å². The second kappa shape index (κ2) is 5.24. The van der Waals surface area contributed by atoms with Gasteiger partial charge in [-0.25, -0.2) is 9.99 Å². The maximum absolute atomic E-state index is 10.5. The fourth-order valence-corrected chi connectivity index (χ4v) is 1.15. The average Bonchev–Trinajstić information content (AvgIpc) is 2.26. The van der Waals surface area contributed by atoms with Crippen molar-refractivity contribution in [3.05, 3.63) is 23.9 Å². The molecule has 0 aliphatic carbocycles. The lowest BCUT2D eigenvalue weighted by atomic mass is 10.3. The molecule has 0 amide bonds. The zero-order chi connectivity index (χ0) is 11.3. The van der Waals surface area contributed by atoms with Gasteiger partial charge in [0.2, 0.25) is 0 Å². The molecule has 1 heterocycles. The molecule has 1 rings (SSSR count). The van der Waals surface area contributed by atoms with Gasteiger partial charge in [0.15, 0.2) is 6.29 Å². The van der Waals surface area contributed by atoms with E-state index in [1.807, 2.05) is 20.8 Å². The highest BCUT2D eigenvalue weighted by molar-refractivity contribution is 5.80. The Kier molecular flexibility index (Phi) is 3.97. The van der Waals surface area contributed by atoms with Crippen molar-refractivity contribution in [1.82, 2.24) is 4.98 Å². The van der Waals surface area contributed by atoms with E-state index in [1.54, 1.807) is 23.3 Å². The van der Waals surface area contributed by atoms with E-state index >= 15 is 0 Å². The van der Waals surface area contributed by atoms with Crippen molar-refractivity contribution >= 4 is 17.8 Å². The molecule has 0 atom stereocenters. The first-order valence-electron chi connectivity index (χ1n) is 4.88. The number of aromatic nitrogens is 1. The summed E-state index contributed by atoms with van der Waals surface area (Å²) in [6, 6.07) is 3.53. The minimum atomic E-state index is 0.576. The molecule has 0 fully saturated rings. The first-order valence-corrected chi connectivity index (χ1v) is 4.88. The van der Waals surface area contributed by atoms with Crippen LogP contribution in [0.5, 0.6) is 0 Å². The van der Waals surface area contributed by atoms with Gasteiger partial charge in [0.1, 0.15) is 5.82 Å². The van der Waals surface area contributed by atoms with Crippen LogP contribution in [0.2, 0.25) is 0 Å². The highest BCUT2D eigenvalue weighted by Gasteiger charge is 2.03. The smallest absolute Gasteiger partial charge is 0.151 e. The van der Waals surface area contributed by atoms with E-state index in [0.717, 1.165) is 24.4 Å². The quantitative estimate of drug-likeness (QED) is 0.429. The second-order valence-electron chi connectivity index (χ2n) is 3.33. The monoisotopic (exact) mass is 205 g/mol. The molecule has 0 saturated heterocycles. The van der Waals surface area contributed by atoms with Crippen LogP contribution in [0, 0.1) is 0 Å². The maximum atomic E-state index is 10.5. The molecule has 0 spiro atoms. The van der Waals surface area contributed by atoms with Crippen molar-refractivity contribution in [2.75, 3.05) is 11.6 Å². The van der Waals surface area contributed by atoms with Gasteiger partial charge < -0.3 is 0 Å². The molecule has 80 valence electrons. The maximum Gasteiger partial charge on any atom is 0.151 e. The van der Waals surface area contributed by atoms with Gasteiger partial charge in [-0.15, -0.1) is 0 Å². The van der Waals surface area contributed by atoms with E-state index < -0.39 is 0 Å². The molecule has 0 aliphatic rings. The number of hydrogen-bond acceptors (Lipinski definition) is 4. The van der Waals surface area contributed by atoms with Gasteiger partial charge in [-0.2, -0.15) is 5.10 Å². The normalized spacial score (nSPS) is 9.53. The van der Waals surface area contributed by atoms with Gasteiger partial charge in [-0.3, -0.25) is 4.79 Å². The van der Waals surface area contributed by atoms with E-state index in [2.05, 4.69) is 10.1 Å². The van der Waals surface area contributed by atoms with E-state index in [0.29, 0.717) is 5.56 Å². The second-order valence-corrected chi connectivity index (χ2v) is 3.33. The van der Waals surface area contributed by atoms with Crippen molar-refractivity contribution in [3.8, 4) is 0 Å². The third-order valence-corrected chi connectivity index (χ3v) is 1.79. The molecule has 0 bridgehead atoms. The van der Waals surface area contributed by atoms with Gasteiger partial charge in [0, 0.05) is 24.0 Å². The first-order chi connectivity index (χ1) is 7.17. The van der Waals surface area contributed by atoms with Gasteiger partial charge >= 0.3 is 0 Å². The third-order valence-electron chi connectivity index (χ3n) is 1.79. The molecule has 0 radical (unpaired) electrons. The fraction of sp³-hybridized carbons (Fsp3) is 0.364. The summed E-state index contributed by atoms with van der Waals surface area (Å²) in [6.07, 6.45) is 2.33. The first kappa shape index (κ1) is 11.4. The average molecular weight is 205 g/mol. The van der Waals surface area contributed by atoms with Gasteiger partial charge in [0.25, 0.3) is 0 Å². The van der Waals surface area contributed by atoms with Crippen molar-refractivity contribution in [2.45, 2.75) is 20.8 Å². The zero-order valence-electron chi connectivity index (χ0n) is 9.27. The minimum Gasteiger partial charge on any atom is -0.298 e. The van der Waals surface area contributed by atoms with Crippen LogP contribution < -0.4 is 5.01 Å². The summed E-state index contributed by atoms with van der Waals surface area (Å²) in [5, 5.41) is 6.12. The molecule has 0 unspecified atom stereocenters. The van der Waals surface area contributed by atoms with Crippen LogP contribution in [0.25, 0.3) is 0 Å². The van der Waals surface area contributed by atoms with E-state index in [1.165, 1.54) is 0 Å². The summed E-state index contributed by atoms with van der Waals surface area (Å²) < 4.78 is 0. The molecule has 0 N–H and O–H groups in total. The summed E-state index contributed by atoms with van der Waals surface area (Å²) in [5.41, 5.74) is 1.55. The summed E-state index contributed by atoms with van der Waals surface area (Å²) in [5.74, 6) is 0.754. The van der Waals surface area contributed by atoms with Crippen LogP contribution in [-0.2, 0) is 0 Å². The molecule has 0 aromatic carbocycles. The number of aldehydes is 1. The number of pyridine rings is 1. The number of hydrogen-bond donors (Lipinski definition) is 0. The number of carbonyl (C=O) groups is 1. The fourth-order valence-electron chi connectivity index (χ4n) is 1.15. The minimum absolute atomic E-state index is 0.576. The summed E-state index contributed by atoms with van der Waals surface area (Å²) in [4.78, 5) is 14.6. The predicted octanol–water partition coefficient (Wildman–Crippen LogP) is 2.12. The Morgan fingerprint density at radius 2 is 2.27 bits per heavy atom. The third kappa shape index (κ3) is 3.16. The molecule has 0 aliphatic heterocycles. The molecule has 1 aromatic heterocycles. The Bertz CT molecular complexity index is 353. The summed E-state index contributed by atoms with van der Waals surface area (Å²) in [6.45, 7) is 6.62. The van der Waals surface area contributed by atoms with Crippen LogP contribution in [0.1, 0.15) is 31.1 Å². The Balaban J connectivity index is 2.92. The Morgan fingerprint density at radius 1 is 1.53 bits per heavy atom. The van der Waals surface area contributed by atoms with Crippen LogP contribution >= 0.6 is 0 Å². The highest BCUT2D eigenvalue weighted by atomic mass is 16.1. The van der Waals surface area contributed by atoms with Crippen LogP contribution in [0.4, 0.5) is 5.82 Å². The van der Waals surface area contributed by atoms with Gasteiger partial charge in [-0.1, -0.05) is 0 Å². The van der Waals surface area contributed by atoms with Crippen molar-refractivity contribution in [1.29, 1.82) is 0 Å². The highest BCUT2D eigenvalue weighted by Crippen LogP contribution is 2.10. The van der Waals surface area contributed by atoms with E-state index in [4.69, 9.17) is 0 Å². The number of rotatable bonds is 4. The molecular formula is C11H15N3O. The van der Waals surface area contributed by atoms with Gasteiger partial charge in [0.05, 0.1) is 0 Å². The Hall–Kier alpha value is -1.71. The summed E-state index contributed by atoms with van der Waals surface area (Å²) >= 11 is 0. The van der Waals surface area contributed by atoms with Crippen molar-refractivity contribution in [3.63, 3.8) is 0 Å². The van der Waals surface area contributed by atoms with Gasteiger partial charge in [-0.05, 0) is 32.9 Å². The van der Waals surface area contributed by atoms with Crippen molar-refractivity contribution < 1.29 is 4.79 Å². The predicted molar refractivity (Wildman–Crippen MR) is 61.4 cm³/mol. The van der Waals surface area contributed by atoms with E-state index in [9.17, 15) is 4.79 Å². The van der Waals surface area contributed by atoms with Crippen LogP contribution in [0.15, 0.2) is 23.4 Å². The lowest BCUT2D eigenvalue weighted by Gasteiger charge is -2.16. The summed E-state index contributed by atoms with van der Waals surface area (Å²) in [7, 11) is 0. The molecule has 4 heteroatoms. The molecule has 0 saturated carbocycles. The Morgan fingerprint density at radius 3 is 2.67 bits per heavy atom. The SMILES string of the molecule is CCN(N=C(C)C)c1ccc(C=O)cn1. The molecule has 4 nitrogen and oxygen atoms in total. The molecule has 15 heavy (non-hydrogen) atoms. The number of anilines is 1. The molecule has 1 aromatic rings. The number of carbonyl (C=O) groups excluding carboxylic acids is 1. The van der Waals surface area contributed by atoms with Crippen LogP contribution in [-0.4, -0.2) is 23.5 Å². The Labute approximate surface area is 89.6 Å². The lowest BCUT2D eigenvalue weighted by Crippen LogP contribution is -2.18. The largest absolute Gasteiger partial charge is 0.298 e. The number of nitrogens with zero attached hydrogens (tertiary/aromatic N) is 3. The zero-order valence-corrected chi connectivity index (χ0v) is 9.27. The lowest BCUT2D eigenvalue weighted by molar-refractivity contribution is 0.112.